The maximum absolute atomic E-state index is 12.9. The molecule has 0 aliphatic heterocycles. The van der Waals surface area contributed by atoms with Gasteiger partial charge in [0.2, 0.25) is 5.91 Å². The number of hydrogen-bond acceptors (Lipinski definition) is 2. The minimum absolute atomic E-state index is 0.0993. The highest BCUT2D eigenvalue weighted by molar-refractivity contribution is 6.11. The summed E-state index contributed by atoms with van der Waals surface area (Å²) in [6.45, 7) is 0. The zero-order valence-corrected chi connectivity index (χ0v) is 9.88. The third-order valence-corrected chi connectivity index (χ3v) is 2.99. The van der Waals surface area contributed by atoms with Crippen molar-refractivity contribution in [1.29, 1.82) is 5.26 Å². The van der Waals surface area contributed by atoms with Gasteiger partial charge in [-0.1, -0.05) is 18.2 Å². The molecule has 0 radical (unpaired) electrons. The largest absolute Gasteiger partial charge is 0.416 e. The van der Waals surface area contributed by atoms with Gasteiger partial charge in [0.1, 0.15) is 0 Å². The molecule has 0 aromatic heterocycles. The summed E-state index contributed by atoms with van der Waals surface area (Å²) in [5, 5.41) is 11.3. The van der Waals surface area contributed by atoms with Crippen LogP contribution >= 0.6 is 0 Å². The first-order valence-corrected chi connectivity index (χ1v) is 5.40. The van der Waals surface area contributed by atoms with Crippen molar-refractivity contribution in [3.63, 3.8) is 0 Å². The van der Waals surface area contributed by atoms with Gasteiger partial charge in [-0.05, 0) is 23.3 Å². The predicted molar refractivity (Wildman–Crippen MR) is 61.5 cm³/mol. The Kier molecular flexibility index (Phi) is 2.85. The fraction of sp³-hybridized carbons (Fsp3) is 0.231. The number of carbonyl (C=O) groups is 1. The Bertz CT molecular complexity index is 613. The lowest BCUT2D eigenvalue weighted by Gasteiger charge is -2.13. The van der Waals surface area contributed by atoms with Crippen LogP contribution in [-0.2, 0) is 11.0 Å². The molecule has 1 N–H and O–H groups in total. The van der Waals surface area contributed by atoms with Crippen molar-refractivity contribution in [1.82, 2.24) is 5.32 Å². The molecule has 0 saturated heterocycles. The van der Waals surface area contributed by atoms with Crippen LogP contribution in [0.15, 0.2) is 30.3 Å². The van der Waals surface area contributed by atoms with Crippen molar-refractivity contribution < 1.29 is 18.0 Å². The van der Waals surface area contributed by atoms with E-state index in [1.54, 1.807) is 6.07 Å². The number of carbonyl (C=O) groups excluding carboxylic acids is 1. The molecular weight excluding hydrogens is 257 g/mol. The highest BCUT2D eigenvalue weighted by Crippen LogP contribution is 2.53. The SMILES string of the molecule is CNC(=O)[C@]1(C#N)C=C1c1ccccc1C(F)(F)F. The number of halogens is 3. The van der Waals surface area contributed by atoms with Crippen LogP contribution in [-0.4, -0.2) is 13.0 Å². The van der Waals surface area contributed by atoms with E-state index in [1.165, 1.54) is 31.3 Å². The van der Waals surface area contributed by atoms with Gasteiger partial charge in [-0.25, -0.2) is 0 Å². The molecule has 3 nitrogen and oxygen atoms in total. The molecule has 0 saturated carbocycles. The zero-order valence-electron chi connectivity index (χ0n) is 9.88. The van der Waals surface area contributed by atoms with Gasteiger partial charge in [-0.15, -0.1) is 0 Å². The smallest absolute Gasteiger partial charge is 0.357 e. The number of nitriles is 1. The number of amides is 1. The van der Waals surface area contributed by atoms with Gasteiger partial charge in [0, 0.05) is 7.05 Å². The molecule has 0 fully saturated rings. The van der Waals surface area contributed by atoms with Gasteiger partial charge in [0.05, 0.1) is 11.6 Å². The third-order valence-electron chi connectivity index (χ3n) is 2.99. The molecule has 2 rings (SSSR count). The van der Waals surface area contributed by atoms with Crippen LogP contribution in [0.3, 0.4) is 0 Å². The molecule has 0 unspecified atom stereocenters. The average Bonchev–Trinajstić information content (AvgIpc) is 3.12. The highest BCUT2D eigenvalue weighted by atomic mass is 19.4. The Morgan fingerprint density at radius 1 is 1.37 bits per heavy atom. The van der Waals surface area contributed by atoms with E-state index in [0.29, 0.717) is 0 Å². The fourth-order valence-electron chi connectivity index (χ4n) is 1.96. The van der Waals surface area contributed by atoms with E-state index < -0.39 is 23.1 Å². The lowest BCUT2D eigenvalue weighted by molar-refractivity contribution is -0.137. The molecule has 0 spiro atoms. The van der Waals surface area contributed by atoms with Crippen molar-refractivity contribution in [2.45, 2.75) is 6.18 Å². The normalized spacial score (nSPS) is 21.3. The molecule has 1 aromatic rings. The molecule has 1 atom stereocenters. The Hall–Kier alpha value is -2.29. The summed E-state index contributed by atoms with van der Waals surface area (Å²) in [5.74, 6) is -0.623. The first kappa shape index (κ1) is 13.1. The van der Waals surface area contributed by atoms with Crippen molar-refractivity contribution in [2.24, 2.45) is 5.41 Å². The second-order valence-corrected chi connectivity index (χ2v) is 4.10. The summed E-state index contributed by atoms with van der Waals surface area (Å²) in [6, 6.07) is 6.66. The predicted octanol–water partition coefficient (Wildman–Crippen LogP) is 2.36. The number of benzene rings is 1. The van der Waals surface area contributed by atoms with Crippen molar-refractivity contribution in [3.8, 4) is 6.07 Å². The summed E-state index contributed by atoms with van der Waals surface area (Å²) >= 11 is 0. The Morgan fingerprint density at radius 2 is 2.00 bits per heavy atom. The Labute approximate surface area is 107 Å². The minimum Gasteiger partial charge on any atom is -0.357 e. The maximum Gasteiger partial charge on any atom is 0.416 e. The molecule has 98 valence electrons. The second-order valence-electron chi connectivity index (χ2n) is 4.10. The summed E-state index contributed by atoms with van der Waals surface area (Å²) in [6.07, 6.45) is -3.28. The lowest BCUT2D eigenvalue weighted by Crippen LogP contribution is -2.30. The number of nitrogens with zero attached hydrogens (tertiary/aromatic N) is 1. The summed E-state index contributed by atoms with van der Waals surface area (Å²) in [5.41, 5.74) is -2.44. The quantitative estimate of drug-likeness (QED) is 0.893. The molecule has 0 bridgehead atoms. The van der Waals surface area contributed by atoms with E-state index in [2.05, 4.69) is 5.32 Å². The van der Waals surface area contributed by atoms with Crippen molar-refractivity contribution >= 4 is 11.5 Å². The minimum atomic E-state index is -4.52. The Balaban J connectivity index is 2.45. The first-order chi connectivity index (χ1) is 8.86. The van der Waals surface area contributed by atoms with E-state index in [4.69, 9.17) is 5.26 Å². The van der Waals surface area contributed by atoms with E-state index >= 15 is 0 Å². The highest BCUT2D eigenvalue weighted by Gasteiger charge is 2.53. The van der Waals surface area contributed by atoms with Gasteiger partial charge >= 0.3 is 6.18 Å². The first-order valence-electron chi connectivity index (χ1n) is 5.40. The number of hydrogen-bond donors (Lipinski definition) is 1. The molecule has 1 aliphatic carbocycles. The van der Waals surface area contributed by atoms with Crippen LogP contribution in [0.2, 0.25) is 0 Å². The summed E-state index contributed by atoms with van der Waals surface area (Å²) < 4.78 is 38.6. The number of nitrogens with one attached hydrogen (secondary N) is 1. The molecular formula is C13H9F3N2O. The van der Waals surface area contributed by atoms with E-state index in [-0.39, 0.29) is 11.1 Å². The number of rotatable bonds is 2. The molecule has 6 heteroatoms. The van der Waals surface area contributed by atoms with Gasteiger partial charge in [-0.2, -0.15) is 18.4 Å². The van der Waals surface area contributed by atoms with Crippen LogP contribution in [0.25, 0.3) is 5.57 Å². The zero-order chi connectivity index (χ0) is 14.3. The van der Waals surface area contributed by atoms with E-state index in [0.717, 1.165) is 6.07 Å². The molecule has 19 heavy (non-hydrogen) atoms. The van der Waals surface area contributed by atoms with Crippen LogP contribution < -0.4 is 5.32 Å². The van der Waals surface area contributed by atoms with E-state index in [1.807, 2.05) is 0 Å². The molecule has 1 amide bonds. The maximum atomic E-state index is 12.9. The lowest BCUT2D eigenvalue weighted by atomic mass is 9.94. The summed E-state index contributed by atoms with van der Waals surface area (Å²) in [4.78, 5) is 11.6. The van der Waals surface area contributed by atoms with Crippen LogP contribution in [0.4, 0.5) is 13.2 Å². The topological polar surface area (TPSA) is 52.9 Å². The average molecular weight is 266 g/mol. The van der Waals surface area contributed by atoms with E-state index in [9.17, 15) is 18.0 Å². The molecule has 1 aliphatic rings. The van der Waals surface area contributed by atoms with Crippen LogP contribution in [0.5, 0.6) is 0 Å². The Morgan fingerprint density at radius 3 is 2.53 bits per heavy atom. The fourth-order valence-corrected chi connectivity index (χ4v) is 1.96. The van der Waals surface area contributed by atoms with Gasteiger partial charge < -0.3 is 5.32 Å². The second kappa shape index (κ2) is 4.12. The summed E-state index contributed by atoms with van der Waals surface area (Å²) in [7, 11) is 1.33. The molecule has 1 aromatic carbocycles. The monoisotopic (exact) mass is 266 g/mol. The van der Waals surface area contributed by atoms with Gasteiger partial charge in [-0.3, -0.25) is 4.79 Å². The molecule has 0 heterocycles. The van der Waals surface area contributed by atoms with Crippen LogP contribution in [0, 0.1) is 16.7 Å². The van der Waals surface area contributed by atoms with Gasteiger partial charge in [0.15, 0.2) is 5.41 Å². The van der Waals surface area contributed by atoms with Crippen molar-refractivity contribution in [3.05, 3.63) is 41.5 Å². The number of alkyl halides is 3. The third kappa shape index (κ3) is 1.97. The van der Waals surface area contributed by atoms with Crippen molar-refractivity contribution in [2.75, 3.05) is 7.05 Å². The van der Waals surface area contributed by atoms with Gasteiger partial charge in [0.25, 0.3) is 0 Å². The standard InChI is InChI=1S/C13H9F3N2O/c1-18-11(19)12(7-17)6-10(12)8-4-2-3-5-9(8)13(14,15)16/h2-6H,1H3,(H,18,19)/t12-/m0/s1. The van der Waals surface area contributed by atoms with Crippen LogP contribution in [0.1, 0.15) is 11.1 Å².